The predicted molar refractivity (Wildman–Crippen MR) is 118 cm³/mol. The third-order valence-corrected chi connectivity index (χ3v) is 5.17. The highest BCUT2D eigenvalue weighted by atomic mass is 35.5. The monoisotopic (exact) mass is 443 g/mol. The van der Waals surface area contributed by atoms with E-state index in [1.165, 1.54) is 4.90 Å². The van der Waals surface area contributed by atoms with Gasteiger partial charge in [0.05, 0.1) is 26.0 Å². The molecule has 0 unspecified atom stereocenters. The van der Waals surface area contributed by atoms with Crippen LogP contribution in [0.2, 0.25) is 5.02 Å². The summed E-state index contributed by atoms with van der Waals surface area (Å²) in [6.45, 7) is 1.22. The SMILES string of the molecule is COCCN(CC(=O)N(Cc1ccco1)Cc1cccn1C)C(=O)c1cccc(Cl)c1. The number of hydrogen-bond acceptors (Lipinski definition) is 4. The van der Waals surface area contributed by atoms with E-state index in [0.717, 1.165) is 5.69 Å². The Morgan fingerprint density at radius 1 is 1.10 bits per heavy atom. The van der Waals surface area contributed by atoms with Gasteiger partial charge in [-0.2, -0.15) is 0 Å². The van der Waals surface area contributed by atoms with Crippen LogP contribution in [0.15, 0.2) is 65.4 Å². The molecule has 31 heavy (non-hydrogen) atoms. The number of methoxy groups -OCH3 is 1. The minimum atomic E-state index is -0.273. The molecule has 0 bridgehead atoms. The second-order valence-electron chi connectivity index (χ2n) is 7.17. The molecule has 2 aromatic heterocycles. The van der Waals surface area contributed by atoms with Crippen molar-refractivity contribution in [2.24, 2.45) is 7.05 Å². The number of nitrogens with zero attached hydrogens (tertiary/aromatic N) is 3. The van der Waals surface area contributed by atoms with E-state index >= 15 is 0 Å². The third-order valence-electron chi connectivity index (χ3n) is 4.93. The van der Waals surface area contributed by atoms with Crippen molar-refractivity contribution in [2.45, 2.75) is 13.1 Å². The molecule has 0 saturated heterocycles. The average molecular weight is 444 g/mol. The van der Waals surface area contributed by atoms with Crippen LogP contribution in [0.5, 0.6) is 0 Å². The first kappa shape index (κ1) is 22.7. The van der Waals surface area contributed by atoms with E-state index in [-0.39, 0.29) is 24.9 Å². The van der Waals surface area contributed by atoms with Crippen molar-refractivity contribution in [2.75, 3.05) is 26.8 Å². The second-order valence-corrected chi connectivity index (χ2v) is 7.61. The van der Waals surface area contributed by atoms with Gasteiger partial charge >= 0.3 is 0 Å². The highest BCUT2D eigenvalue weighted by Gasteiger charge is 2.24. The molecule has 8 heteroatoms. The second kappa shape index (κ2) is 10.8. The summed E-state index contributed by atoms with van der Waals surface area (Å²) in [5, 5.41) is 0.465. The van der Waals surface area contributed by atoms with E-state index < -0.39 is 0 Å². The minimum Gasteiger partial charge on any atom is -0.467 e. The number of amides is 2. The van der Waals surface area contributed by atoms with Crippen LogP contribution in [-0.4, -0.2) is 53.0 Å². The zero-order valence-corrected chi connectivity index (χ0v) is 18.4. The molecule has 0 aliphatic rings. The zero-order chi connectivity index (χ0) is 22.2. The van der Waals surface area contributed by atoms with Crippen LogP contribution in [0, 0.1) is 0 Å². The summed E-state index contributed by atoms with van der Waals surface area (Å²) in [7, 11) is 3.49. The highest BCUT2D eigenvalue weighted by molar-refractivity contribution is 6.31. The number of carbonyl (C=O) groups excluding carboxylic acids is 2. The Labute approximate surface area is 186 Å². The standard InChI is InChI=1S/C23H26ClN3O4/c1-25-10-4-8-20(25)15-27(16-21-9-5-12-31-21)22(28)17-26(11-13-30-2)23(29)18-6-3-7-19(24)14-18/h3-10,12,14H,11,13,15-17H2,1-2H3. The Hall–Kier alpha value is -3.03. The molecule has 2 heterocycles. The Bertz CT molecular complexity index is 1000. The maximum absolute atomic E-state index is 13.3. The Morgan fingerprint density at radius 3 is 2.58 bits per heavy atom. The molecule has 1 aromatic carbocycles. The summed E-state index contributed by atoms with van der Waals surface area (Å²) in [6.07, 6.45) is 3.51. The number of aryl methyl sites for hydroxylation is 1. The molecule has 3 aromatic rings. The Morgan fingerprint density at radius 2 is 1.94 bits per heavy atom. The van der Waals surface area contributed by atoms with Crippen LogP contribution < -0.4 is 0 Å². The molecule has 0 aliphatic carbocycles. The molecule has 0 N–H and O–H groups in total. The van der Waals surface area contributed by atoms with Gasteiger partial charge < -0.3 is 23.5 Å². The number of rotatable bonds is 10. The first-order chi connectivity index (χ1) is 15.0. The van der Waals surface area contributed by atoms with E-state index in [0.29, 0.717) is 36.0 Å². The molecule has 0 aliphatic heterocycles. The van der Waals surface area contributed by atoms with E-state index in [9.17, 15) is 9.59 Å². The molecule has 0 spiro atoms. The lowest BCUT2D eigenvalue weighted by Crippen LogP contribution is -2.43. The lowest BCUT2D eigenvalue weighted by Gasteiger charge is -2.27. The summed E-state index contributed by atoms with van der Waals surface area (Å²) in [4.78, 5) is 29.5. The lowest BCUT2D eigenvalue weighted by molar-refractivity contribution is -0.133. The molecule has 3 rings (SSSR count). The largest absolute Gasteiger partial charge is 0.467 e. The number of furan rings is 1. The summed E-state index contributed by atoms with van der Waals surface area (Å²) >= 11 is 6.04. The molecule has 164 valence electrons. The number of ether oxygens (including phenoxy) is 1. The molecule has 7 nitrogen and oxygen atoms in total. The summed E-state index contributed by atoms with van der Waals surface area (Å²) in [5.74, 6) is 0.209. The summed E-state index contributed by atoms with van der Waals surface area (Å²) < 4.78 is 12.6. The fraction of sp³-hybridized carbons (Fsp3) is 0.304. The van der Waals surface area contributed by atoms with Crippen LogP contribution in [0.3, 0.4) is 0 Å². The quantitative estimate of drug-likeness (QED) is 0.480. The van der Waals surface area contributed by atoms with Crippen molar-refractivity contribution in [1.29, 1.82) is 0 Å². The van der Waals surface area contributed by atoms with Gasteiger partial charge in [-0.3, -0.25) is 9.59 Å². The van der Waals surface area contributed by atoms with E-state index in [2.05, 4.69) is 0 Å². The van der Waals surface area contributed by atoms with Crippen LogP contribution in [-0.2, 0) is 29.7 Å². The van der Waals surface area contributed by atoms with Gasteiger partial charge in [-0.05, 0) is 42.5 Å². The van der Waals surface area contributed by atoms with Crippen molar-refractivity contribution in [3.63, 3.8) is 0 Å². The molecular formula is C23H26ClN3O4. The molecule has 0 saturated carbocycles. The van der Waals surface area contributed by atoms with E-state index in [4.69, 9.17) is 20.8 Å². The van der Waals surface area contributed by atoms with E-state index in [1.807, 2.05) is 36.0 Å². The number of carbonyl (C=O) groups is 2. The number of benzene rings is 1. The van der Waals surface area contributed by atoms with Gasteiger partial charge in [-0.15, -0.1) is 0 Å². The molecule has 0 fully saturated rings. The summed E-state index contributed by atoms with van der Waals surface area (Å²) in [5.41, 5.74) is 1.40. The van der Waals surface area contributed by atoms with Gasteiger partial charge in [0.1, 0.15) is 12.3 Å². The van der Waals surface area contributed by atoms with Crippen LogP contribution in [0.4, 0.5) is 0 Å². The average Bonchev–Trinajstić information content (AvgIpc) is 3.42. The van der Waals surface area contributed by atoms with Gasteiger partial charge in [0.15, 0.2) is 0 Å². The van der Waals surface area contributed by atoms with Crippen LogP contribution in [0.25, 0.3) is 0 Å². The first-order valence-corrected chi connectivity index (χ1v) is 10.3. The van der Waals surface area contributed by atoms with Gasteiger partial charge in [0.25, 0.3) is 5.91 Å². The third kappa shape index (κ3) is 6.23. The topological polar surface area (TPSA) is 67.9 Å². The van der Waals surface area contributed by atoms with Crippen molar-refractivity contribution in [3.05, 3.63) is 83.0 Å². The summed E-state index contributed by atoms with van der Waals surface area (Å²) in [6, 6.07) is 14.2. The number of hydrogen-bond donors (Lipinski definition) is 0. The Kier molecular flexibility index (Phi) is 7.92. The number of halogens is 1. The van der Waals surface area contributed by atoms with Gasteiger partial charge in [0, 0.05) is 43.2 Å². The van der Waals surface area contributed by atoms with Crippen molar-refractivity contribution >= 4 is 23.4 Å². The van der Waals surface area contributed by atoms with Crippen molar-refractivity contribution in [1.82, 2.24) is 14.4 Å². The molecule has 0 radical (unpaired) electrons. The van der Waals surface area contributed by atoms with Gasteiger partial charge in [-0.25, -0.2) is 0 Å². The lowest BCUT2D eigenvalue weighted by atomic mass is 10.2. The highest BCUT2D eigenvalue weighted by Crippen LogP contribution is 2.15. The predicted octanol–water partition coefficient (Wildman–Crippen LogP) is 3.59. The maximum Gasteiger partial charge on any atom is 0.254 e. The van der Waals surface area contributed by atoms with Gasteiger partial charge in [0.2, 0.25) is 5.91 Å². The Balaban J connectivity index is 1.79. The van der Waals surface area contributed by atoms with Crippen LogP contribution >= 0.6 is 11.6 Å². The smallest absolute Gasteiger partial charge is 0.254 e. The zero-order valence-electron chi connectivity index (χ0n) is 17.7. The fourth-order valence-corrected chi connectivity index (χ4v) is 3.39. The maximum atomic E-state index is 13.3. The first-order valence-electron chi connectivity index (χ1n) is 9.92. The van der Waals surface area contributed by atoms with Crippen molar-refractivity contribution < 1.29 is 18.7 Å². The molecule has 2 amide bonds. The molecule has 0 atom stereocenters. The fourth-order valence-electron chi connectivity index (χ4n) is 3.20. The molecular weight excluding hydrogens is 418 g/mol. The normalized spacial score (nSPS) is 10.8. The van der Waals surface area contributed by atoms with Gasteiger partial charge in [-0.1, -0.05) is 17.7 Å². The van der Waals surface area contributed by atoms with E-state index in [1.54, 1.807) is 48.6 Å². The minimum absolute atomic E-state index is 0.0835. The number of aromatic nitrogens is 1. The van der Waals surface area contributed by atoms with Crippen molar-refractivity contribution in [3.8, 4) is 0 Å². The van der Waals surface area contributed by atoms with Crippen LogP contribution in [0.1, 0.15) is 21.8 Å².